The van der Waals surface area contributed by atoms with E-state index in [0.29, 0.717) is 0 Å². The molecule has 0 bridgehead atoms. The molecule has 86 valence electrons. The first kappa shape index (κ1) is 10.5. The minimum atomic E-state index is -0.240. The molecule has 17 heavy (non-hydrogen) atoms. The van der Waals surface area contributed by atoms with Gasteiger partial charge in [0, 0.05) is 22.8 Å². The third-order valence-corrected chi connectivity index (χ3v) is 4.91. The van der Waals surface area contributed by atoms with Crippen LogP contribution in [-0.4, -0.2) is 9.97 Å². The maximum atomic E-state index is 9.38. The van der Waals surface area contributed by atoms with Gasteiger partial charge in [-0.25, -0.2) is 4.98 Å². The van der Waals surface area contributed by atoms with Crippen LogP contribution in [0.5, 0.6) is 0 Å². The van der Waals surface area contributed by atoms with Gasteiger partial charge in [-0.3, -0.25) is 0 Å². The van der Waals surface area contributed by atoms with Crippen molar-refractivity contribution in [2.45, 2.75) is 31.6 Å². The fourth-order valence-electron chi connectivity index (χ4n) is 2.34. The van der Waals surface area contributed by atoms with Gasteiger partial charge >= 0.3 is 0 Å². The first-order valence-electron chi connectivity index (χ1n) is 5.77. The number of hydrogen-bond acceptors (Lipinski definition) is 3. The number of aromatic nitrogens is 2. The molecular formula is C13H13N3S. The molecule has 0 aliphatic heterocycles. The molecule has 2 aromatic rings. The van der Waals surface area contributed by atoms with Gasteiger partial charge in [0.15, 0.2) is 0 Å². The lowest BCUT2D eigenvalue weighted by molar-refractivity contribution is 0.328. The number of nitriles is 1. The fraction of sp³-hybridized carbons (Fsp3) is 0.385. The molecule has 4 heteroatoms. The average molecular weight is 243 g/mol. The summed E-state index contributed by atoms with van der Waals surface area (Å²) < 4.78 is 0. The van der Waals surface area contributed by atoms with Gasteiger partial charge in [0.05, 0.1) is 17.2 Å². The zero-order valence-corrected chi connectivity index (χ0v) is 10.5. The van der Waals surface area contributed by atoms with E-state index in [4.69, 9.17) is 0 Å². The number of rotatable bonds is 2. The van der Waals surface area contributed by atoms with Crippen LogP contribution in [0.2, 0.25) is 0 Å². The van der Waals surface area contributed by atoms with Crippen molar-refractivity contribution in [3.8, 4) is 16.6 Å². The summed E-state index contributed by atoms with van der Waals surface area (Å²) in [5.41, 5.74) is 1.89. The molecule has 0 saturated heterocycles. The van der Waals surface area contributed by atoms with Gasteiger partial charge in [-0.2, -0.15) is 5.26 Å². The lowest BCUT2D eigenvalue weighted by Gasteiger charge is -2.34. The van der Waals surface area contributed by atoms with E-state index in [2.05, 4.69) is 16.0 Å². The molecule has 0 unspecified atom stereocenters. The summed E-state index contributed by atoms with van der Waals surface area (Å²) in [5, 5.41) is 10.4. The molecule has 1 N–H and O–H groups in total. The number of H-pyrrole nitrogens is 1. The second-order valence-electron chi connectivity index (χ2n) is 4.58. The molecule has 2 heterocycles. The molecule has 3 rings (SSSR count). The third kappa shape index (κ3) is 1.50. The van der Waals surface area contributed by atoms with Crippen LogP contribution in [0.1, 0.15) is 29.8 Å². The number of hydrogen-bond donors (Lipinski definition) is 1. The molecular weight excluding hydrogens is 230 g/mol. The molecule has 0 radical (unpaired) electrons. The quantitative estimate of drug-likeness (QED) is 0.879. The van der Waals surface area contributed by atoms with E-state index in [1.165, 1.54) is 4.88 Å². The van der Waals surface area contributed by atoms with Crippen LogP contribution in [0.25, 0.3) is 10.6 Å². The summed E-state index contributed by atoms with van der Waals surface area (Å²) in [6.07, 6.45) is 6.97. The molecule has 0 atom stereocenters. The topological polar surface area (TPSA) is 52.5 Å². The summed E-state index contributed by atoms with van der Waals surface area (Å²) in [5.74, 6) is 0. The Kier molecular flexibility index (Phi) is 2.30. The van der Waals surface area contributed by atoms with Gasteiger partial charge in [-0.1, -0.05) is 0 Å². The van der Waals surface area contributed by atoms with E-state index >= 15 is 0 Å². The fourth-order valence-corrected chi connectivity index (χ4v) is 3.60. The lowest BCUT2D eigenvalue weighted by atomic mass is 9.68. The van der Waals surface area contributed by atoms with Crippen LogP contribution in [0, 0.1) is 18.3 Å². The largest absolute Gasteiger partial charge is 0.367 e. The van der Waals surface area contributed by atoms with E-state index in [0.717, 1.165) is 35.5 Å². The number of nitrogens with one attached hydrogen (secondary N) is 1. The molecule has 0 aromatic carbocycles. The normalized spacial score (nSPS) is 17.4. The van der Waals surface area contributed by atoms with Crippen molar-refractivity contribution in [3.05, 3.63) is 29.0 Å². The Balaban J connectivity index is 2.05. The Morgan fingerprint density at radius 3 is 2.88 bits per heavy atom. The van der Waals surface area contributed by atoms with Gasteiger partial charge in [0.2, 0.25) is 0 Å². The highest BCUT2D eigenvalue weighted by atomic mass is 32.1. The zero-order chi connectivity index (χ0) is 11.9. The predicted octanol–water partition coefficient (Wildman–Crippen LogP) is 3.39. The SMILES string of the molecule is Cc1nc(-c2cc[nH]c2)sc1C1(C#N)CCC1. The van der Waals surface area contributed by atoms with Crippen LogP contribution in [0.3, 0.4) is 0 Å². The minimum Gasteiger partial charge on any atom is -0.367 e. The van der Waals surface area contributed by atoms with Gasteiger partial charge in [-0.05, 0) is 32.3 Å². The second-order valence-corrected chi connectivity index (χ2v) is 5.58. The molecule has 1 aliphatic rings. The van der Waals surface area contributed by atoms with Crippen molar-refractivity contribution in [1.82, 2.24) is 9.97 Å². The number of thiazole rings is 1. The van der Waals surface area contributed by atoms with E-state index in [9.17, 15) is 5.26 Å². The van der Waals surface area contributed by atoms with Crippen molar-refractivity contribution < 1.29 is 0 Å². The molecule has 1 saturated carbocycles. The summed E-state index contributed by atoms with van der Waals surface area (Å²) >= 11 is 1.67. The standard InChI is InChI=1S/C13H13N3S/c1-9-11(13(8-14)4-2-5-13)17-12(16-9)10-3-6-15-7-10/h3,6-7,15H,2,4-5H2,1H3. The Labute approximate surface area is 104 Å². The highest BCUT2D eigenvalue weighted by molar-refractivity contribution is 7.15. The van der Waals surface area contributed by atoms with E-state index in [1.54, 1.807) is 11.3 Å². The summed E-state index contributed by atoms with van der Waals surface area (Å²) in [6.45, 7) is 2.01. The van der Waals surface area contributed by atoms with E-state index in [1.807, 2.05) is 25.4 Å². The van der Waals surface area contributed by atoms with Crippen LogP contribution in [0.4, 0.5) is 0 Å². The summed E-state index contributed by atoms with van der Waals surface area (Å²) in [6, 6.07) is 4.51. The summed E-state index contributed by atoms with van der Waals surface area (Å²) in [7, 11) is 0. The molecule has 0 spiro atoms. The van der Waals surface area contributed by atoms with Crippen molar-refractivity contribution in [2.75, 3.05) is 0 Å². The van der Waals surface area contributed by atoms with E-state index < -0.39 is 0 Å². The third-order valence-electron chi connectivity index (χ3n) is 3.50. The Morgan fingerprint density at radius 2 is 2.35 bits per heavy atom. The Hall–Kier alpha value is -1.60. The molecule has 2 aromatic heterocycles. The van der Waals surface area contributed by atoms with Crippen molar-refractivity contribution in [2.24, 2.45) is 0 Å². The second kappa shape index (κ2) is 3.71. The predicted molar refractivity (Wildman–Crippen MR) is 67.8 cm³/mol. The zero-order valence-electron chi connectivity index (χ0n) is 9.66. The maximum absolute atomic E-state index is 9.38. The monoisotopic (exact) mass is 243 g/mol. The molecule has 3 nitrogen and oxygen atoms in total. The lowest BCUT2D eigenvalue weighted by Crippen LogP contribution is -2.31. The van der Waals surface area contributed by atoms with Crippen molar-refractivity contribution in [3.63, 3.8) is 0 Å². The smallest absolute Gasteiger partial charge is 0.125 e. The van der Waals surface area contributed by atoms with Gasteiger partial charge in [0.1, 0.15) is 5.01 Å². The Bertz CT molecular complexity index is 570. The number of aromatic amines is 1. The van der Waals surface area contributed by atoms with Crippen LogP contribution < -0.4 is 0 Å². The number of nitrogens with zero attached hydrogens (tertiary/aromatic N) is 2. The minimum absolute atomic E-state index is 0.240. The first-order chi connectivity index (χ1) is 8.25. The van der Waals surface area contributed by atoms with Crippen LogP contribution >= 0.6 is 11.3 Å². The van der Waals surface area contributed by atoms with Crippen molar-refractivity contribution in [1.29, 1.82) is 5.26 Å². The molecule has 1 aliphatic carbocycles. The van der Waals surface area contributed by atoms with Crippen molar-refractivity contribution >= 4 is 11.3 Å². The van der Waals surface area contributed by atoms with Gasteiger partial charge < -0.3 is 4.98 Å². The first-order valence-corrected chi connectivity index (χ1v) is 6.59. The highest BCUT2D eigenvalue weighted by Crippen LogP contribution is 2.47. The van der Waals surface area contributed by atoms with E-state index in [-0.39, 0.29) is 5.41 Å². The van der Waals surface area contributed by atoms with Gasteiger partial charge in [0.25, 0.3) is 0 Å². The van der Waals surface area contributed by atoms with Crippen LogP contribution in [0.15, 0.2) is 18.5 Å². The summed E-state index contributed by atoms with van der Waals surface area (Å²) in [4.78, 5) is 8.80. The molecule has 0 amide bonds. The maximum Gasteiger partial charge on any atom is 0.125 e. The number of aryl methyl sites for hydroxylation is 1. The average Bonchev–Trinajstić information content (AvgIpc) is 2.87. The van der Waals surface area contributed by atoms with Crippen LogP contribution in [-0.2, 0) is 5.41 Å². The highest BCUT2D eigenvalue weighted by Gasteiger charge is 2.42. The Morgan fingerprint density at radius 1 is 1.53 bits per heavy atom. The van der Waals surface area contributed by atoms with Gasteiger partial charge in [-0.15, -0.1) is 11.3 Å². The molecule has 1 fully saturated rings.